The molecule has 0 bridgehead atoms. The second kappa shape index (κ2) is 6.10. The molecular weight excluding hydrogens is 232 g/mol. The van der Waals surface area contributed by atoms with Crippen molar-refractivity contribution in [3.8, 4) is 0 Å². The molecule has 0 saturated heterocycles. The molecular formula is C10H17ClN2OS. The van der Waals surface area contributed by atoms with Crippen LogP contribution in [0.5, 0.6) is 0 Å². The third-order valence-corrected chi connectivity index (χ3v) is 2.54. The van der Waals surface area contributed by atoms with Gasteiger partial charge in [0.15, 0.2) is 0 Å². The first-order valence-electron chi connectivity index (χ1n) is 4.42. The maximum absolute atomic E-state index is 11.3. The van der Waals surface area contributed by atoms with Crippen molar-refractivity contribution in [2.75, 3.05) is 12.5 Å². The molecule has 0 aromatic heterocycles. The maximum atomic E-state index is 11.3. The second-order valence-corrected chi connectivity index (χ2v) is 6.11. The lowest BCUT2D eigenvalue weighted by molar-refractivity contribution is 0.682. The third kappa shape index (κ3) is 5.77. The molecule has 0 unspecified atom stereocenters. The Hall–Kier alpha value is -0.580. The molecule has 0 saturated carbocycles. The van der Waals surface area contributed by atoms with Gasteiger partial charge in [0.25, 0.3) is 0 Å². The fourth-order valence-electron chi connectivity index (χ4n) is 1.08. The van der Waals surface area contributed by atoms with Crippen LogP contribution in [-0.2, 0) is 22.8 Å². The summed E-state index contributed by atoms with van der Waals surface area (Å²) < 4.78 is 15.4. The van der Waals surface area contributed by atoms with Gasteiger partial charge in [0.05, 0.1) is 6.54 Å². The summed E-state index contributed by atoms with van der Waals surface area (Å²) in [7, 11) is -2.00. The minimum Gasteiger partial charge on any atom is -0.326 e. The molecule has 86 valence electrons. The van der Waals surface area contributed by atoms with Crippen LogP contribution in [0.25, 0.3) is 0 Å². The van der Waals surface area contributed by atoms with Crippen LogP contribution in [0.3, 0.4) is 0 Å². The van der Waals surface area contributed by atoms with E-state index in [2.05, 4.69) is 4.36 Å². The lowest BCUT2D eigenvalue weighted by atomic mass is 10.1. The average molecular weight is 249 g/mol. The van der Waals surface area contributed by atoms with Gasteiger partial charge in [0, 0.05) is 28.8 Å². The Kier molecular flexibility index (Phi) is 5.87. The molecule has 1 aromatic carbocycles. The van der Waals surface area contributed by atoms with Gasteiger partial charge in [0.2, 0.25) is 0 Å². The summed E-state index contributed by atoms with van der Waals surface area (Å²) >= 11 is 0. The third-order valence-electron chi connectivity index (χ3n) is 1.79. The van der Waals surface area contributed by atoms with E-state index in [1.165, 1.54) is 0 Å². The van der Waals surface area contributed by atoms with E-state index >= 15 is 0 Å². The molecule has 0 aliphatic carbocycles. The van der Waals surface area contributed by atoms with Gasteiger partial charge in [-0.1, -0.05) is 24.3 Å². The van der Waals surface area contributed by atoms with Gasteiger partial charge in [-0.2, -0.15) is 0 Å². The summed E-state index contributed by atoms with van der Waals surface area (Å²) in [6.07, 6.45) is 3.28. The Labute approximate surface area is 97.7 Å². The summed E-state index contributed by atoms with van der Waals surface area (Å²) in [5.74, 6) is 0. The quantitative estimate of drug-likeness (QED) is 0.887. The Bertz CT molecular complexity index is 417. The minimum absolute atomic E-state index is 0. The predicted octanol–water partition coefficient (Wildman–Crippen LogP) is 1.79. The summed E-state index contributed by atoms with van der Waals surface area (Å²) in [4.78, 5) is 0. The zero-order valence-corrected chi connectivity index (χ0v) is 10.6. The smallest absolute Gasteiger partial charge is 0.0734 e. The first-order chi connectivity index (χ1) is 6.51. The van der Waals surface area contributed by atoms with Crippen molar-refractivity contribution >= 4 is 22.1 Å². The Morgan fingerprint density at radius 3 is 2.47 bits per heavy atom. The normalized spacial score (nSPS) is 10.6. The lowest BCUT2D eigenvalue weighted by Crippen LogP contribution is -1.97. The van der Waals surface area contributed by atoms with Gasteiger partial charge in [-0.05, 0) is 11.1 Å². The topological polar surface area (TPSA) is 55.5 Å². The Balaban J connectivity index is 0.00000196. The fourth-order valence-corrected chi connectivity index (χ4v) is 1.54. The molecule has 0 spiro atoms. The van der Waals surface area contributed by atoms with Crippen LogP contribution in [0.4, 0.5) is 0 Å². The van der Waals surface area contributed by atoms with Gasteiger partial charge in [-0.3, -0.25) is 4.21 Å². The molecule has 1 aromatic rings. The summed E-state index contributed by atoms with van der Waals surface area (Å²) in [6.45, 7) is 1.03. The predicted molar refractivity (Wildman–Crippen MR) is 67.7 cm³/mol. The molecule has 3 nitrogen and oxygen atoms in total. The van der Waals surface area contributed by atoms with Crippen molar-refractivity contribution in [2.24, 2.45) is 10.1 Å². The van der Waals surface area contributed by atoms with Crippen LogP contribution >= 0.6 is 12.4 Å². The van der Waals surface area contributed by atoms with Gasteiger partial charge in [-0.15, -0.1) is 12.4 Å². The highest BCUT2D eigenvalue weighted by Crippen LogP contribution is 2.06. The summed E-state index contributed by atoms with van der Waals surface area (Å²) in [5, 5.41) is 0. The standard InChI is InChI=1S/C10H16N2OS.ClH/c1-14(2,13)12-8-10-5-3-4-9(6-10)7-11;/h3-6H,7-8,11H2,1-2H3;1H. The molecule has 0 heterocycles. The van der Waals surface area contributed by atoms with E-state index in [1.54, 1.807) is 12.5 Å². The molecule has 1 rings (SSSR count). The molecule has 0 amide bonds. The molecule has 5 heteroatoms. The van der Waals surface area contributed by atoms with Crippen LogP contribution in [0.15, 0.2) is 28.6 Å². The zero-order valence-electron chi connectivity index (χ0n) is 8.97. The van der Waals surface area contributed by atoms with E-state index in [0.29, 0.717) is 13.1 Å². The SMILES string of the molecule is CS(C)(=O)=NCc1cccc(CN)c1.Cl. The Morgan fingerprint density at radius 2 is 1.93 bits per heavy atom. The molecule has 0 aliphatic rings. The highest BCUT2D eigenvalue weighted by Gasteiger charge is 1.95. The van der Waals surface area contributed by atoms with E-state index in [4.69, 9.17) is 5.73 Å². The maximum Gasteiger partial charge on any atom is 0.0734 e. The van der Waals surface area contributed by atoms with Crippen LogP contribution in [0.2, 0.25) is 0 Å². The monoisotopic (exact) mass is 248 g/mol. The van der Waals surface area contributed by atoms with Crippen molar-refractivity contribution < 1.29 is 4.21 Å². The van der Waals surface area contributed by atoms with Crippen molar-refractivity contribution in [2.45, 2.75) is 13.1 Å². The van der Waals surface area contributed by atoms with Crippen molar-refractivity contribution in [1.82, 2.24) is 0 Å². The highest BCUT2D eigenvalue weighted by atomic mass is 35.5. The van der Waals surface area contributed by atoms with E-state index < -0.39 is 9.73 Å². The first-order valence-corrected chi connectivity index (χ1v) is 6.75. The number of halogens is 1. The molecule has 2 N–H and O–H groups in total. The summed E-state index contributed by atoms with van der Waals surface area (Å²) in [5.41, 5.74) is 7.65. The lowest BCUT2D eigenvalue weighted by Gasteiger charge is -2.01. The van der Waals surface area contributed by atoms with Crippen LogP contribution < -0.4 is 5.73 Å². The van der Waals surface area contributed by atoms with Crippen molar-refractivity contribution in [3.05, 3.63) is 35.4 Å². The van der Waals surface area contributed by atoms with Crippen LogP contribution in [0.1, 0.15) is 11.1 Å². The van der Waals surface area contributed by atoms with E-state index in [1.807, 2.05) is 24.3 Å². The molecule has 0 radical (unpaired) electrons. The van der Waals surface area contributed by atoms with Gasteiger partial charge >= 0.3 is 0 Å². The van der Waals surface area contributed by atoms with Crippen molar-refractivity contribution in [1.29, 1.82) is 0 Å². The average Bonchev–Trinajstić information content (AvgIpc) is 2.14. The van der Waals surface area contributed by atoms with Crippen LogP contribution in [0, 0.1) is 0 Å². The number of hydrogen-bond donors (Lipinski definition) is 1. The number of hydrogen-bond acceptors (Lipinski definition) is 3. The minimum atomic E-state index is -2.00. The van der Waals surface area contributed by atoms with Crippen molar-refractivity contribution in [3.63, 3.8) is 0 Å². The number of benzene rings is 1. The number of nitrogens with zero attached hydrogens (tertiary/aromatic N) is 1. The van der Waals surface area contributed by atoms with Crippen LogP contribution in [-0.4, -0.2) is 16.7 Å². The molecule has 0 atom stereocenters. The first kappa shape index (κ1) is 14.4. The highest BCUT2D eigenvalue weighted by molar-refractivity contribution is 7.92. The van der Waals surface area contributed by atoms with E-state index in [0.717, 1.165) is 11.1 Å². The Morgan fingerprint density at radius 1 is 1.33 bits per heavy atom. The second-order valence-electron chi connectivity index (χ2n) is 3.49. The van der Waals surface area contributed by atoms with E-state index in [9.17, 15) is 4.21 Å². The van der Waals surface area contributed by atoms with E-state index in [-0.39, 0.29) is 12.4 Å². The fraction of sp³-hybridized carbons (Fsp3) is 0.400. The number of nitrogens with two attached hydrogens (primary N) is 1. The zero-order chi connectivity index (χ0) is 10.6. The summed E-state index contributed by atoms with van der Waals surface area (Å²) in [6, 6.07) is 7.88. The molecule has 0 fully saturated rings. The van der Waals surface area contributed by atoms with Gasteiger partial charge in [0.1, 0.15) is 0 Å². The number of rotatable bonds is 3. The van der Waals surface area contributed by atoms with Gasteiger partial charge < -0.3 is 5.73 Å². The largest absolute Gasteiger partial charge is 0.326 e. The molecule has 0 aliphatic heterocycles. The van der Waals surface area contributed by atoms with Gasteiger partial charge in [-0.25, -0.2) is 4.36 Å². The molecule has 15 heavy (non-hydrogen) atoms.